The van der Waals surface area contributed by atoms with E-state index in [-0.39, 0.29) is 17.5 Å². The Morgan fingerprint density at radius 1 is 1.14 bits per heavy atom. The molecule has 0 radical (unpaired) electrons. The van der Waals surface area contributed by atoms with Gasteiger partial charge in [0.2, 0.25) is 10.0 Å². The number of hydrogen-bond acceptors (Lipinski definition) is 3. The molecule has 2 N–H and O–H groups in total. The monoisotopic (exact) mass is 438 g/mol. The summed E-state index contributed by atoms with van der Waals surface area (Å²) in [6.45, 7) is 4.09. The lowest BCUT2D eigenvalue weighted by Gasteiger charge is -2.34. The summed E-state index contributed by atoms with van der Waals surface area (Å²) in [6.07, 6.45) is 2.68. The minimum Gasteiger partial charge on any atom is -0.322 e. The number of benzene rings is 2. The van der Waals surface area contributed by atoms with Crippen LogP contribution in [-0.2, 0) is 10.0 Å². The molecule has 1 saturated carbocycles. The van der Waals surface area contributed by atoms with Crippen LogP contribution in [0.4, 0.5) is 10.1 Å². The van der Waals surface area contributed by atoms with Crippen molar-refractivity contribution in [1.29, 1.82) is 0 Å². The van der Waals surface area contributed by atoms with Gasteiger partial charge in [-0.05, 0) is 54.7 Å². The average molecular weight is 439 g/mol. The molecule has 156 valence electrons. The maximum atomic E-state index is 14.4. The van der Waals surface area contributed by atoms with Crippen molar-refractivity contribution in [3.63, 3.8) is 0 Å². The Morgan fingerprint density at radius 2 is 1.90 bits per heavy atom. The van der Waals surface area contributed by atoms with E-state index in [0.717, 1.165) is 25.0 Å². The van der Waals surface area contributed by atoms with Crippen LogP contribution in [0, 0.1) is 17.7 Å². The standard InChI is InChI=1S/C21H24ClFN2O3S/c1-13-5-3-8-19(14(13)2)25-29(27,28)20-11-15(9-10-18(20)23)21(26)24-17-7-4-6-16(22)12-17/h4,6-7,9-14,19,25H,3,5,8H2,1-2H3,(H,24,26)/t13-,14-,19-/m1/s1. The molecule has 0 saturated heterocycles. The van der Waals surface area contributed by atoms with E-state index < -0.39 is 26.6 Å². The van der Waals surface area contributed by atoms with Crippen molar-refractivity contribution >= 4 is 33.2 Å². The summed E-state index contributed by atoms with van der Waals surface area (Å²) in [5.74, 6) is -0.913. The third kappa shape index (κ3) is 5.15. The van der Waals surface area contributed by atoms with Gasteiger partial charge >= 0.3 is 0 Å². The van der Waals surface area contributed by atoms with Crippen LogP contribution < -0.4 is 10.0 Å². The van der Waals surface area contributed by atoms with Crippen molar-refractivity contribution < 1.29 is 17.6 Å². The van der Waals surface area contributed by atoms with E-state index in [1.165, 1.54) is 6.07 Å². The summed E-state index contributed by atoms with van der Waals surface area (Å²) in [4.78, 5) is 12.0. The highest BCUT2D eigenvalue weighted by atomic mass is 35.5. The SMILES string of the molecule is C[C@@H]1[C@H](C)CCC[C@H]1NS(=O)(=O)c1cc(C(=O)Nc2cccc(Cl)c2)ccc1F. The normalized spacial score (nSPS) is 22.3. The zero-order chi connectivity index (χ0) is 21.2. The van der Waals surface area contributed by atoms with Crippen molar-refractivity contribution in [3.05, 3.63) is 58.9 Å². The molecule has 0 unspecified atom stereocenters. The van der Waals surface area contributed by atoms with Crippen LogP contribution in [0.2, 0.25) is 5.02 Å². The fourth-order valence-electron chi connectivity index (χ4n) is 3.63. The first-order chi connectivity index (χ1) is 13.7. The first-order valence-corrected chi connectivity index (χ1v) is 11.4. The van der Waals surface area contributed by atoms with Crippen molar-refractivity contribution in [3.8, 4) is 0 Å². The zero-order valence-corrected chi connectivity index (χ0v) is 17.9. The topological polar surface area (TPSA) is 75.3 Å². The Morgan fingerprint density at radius 3 is 2.62 bits per heavy atom. The summed E-state index contributed by atoms with van der Waals surface area (Å²) >= 11 is 5.91. The van der Waals surface area contributed by atoms with Gasteiger partial charge in [0.1, 0.15) is 10.7 Å². The molecule has 1 aliphatic carbocycles. The van der Waals surface area contributed by atoms with Crippen molar-refractivity contribution in [2.75, 3.05) is 5.32 Å². The summed E-state index contributed by atoms with van der Waals surface area (Å²) in [6, 6.07) is 9.61. The molecule has 29 heavy (non-hydrogen) atoms. The van der Waals surface area contributed by atoms with E-state index in [4.69, 9.17) is 11.6 Å². The van der Waals surface area contributed by atoms with Crippen LogP contribution in [-0.4, -0.2) is 20.4 Å². The number of sulfonamides is 1. The van der Waals surface area contributed by atoms with Gasteiger partial charge in [0, 0.05) is 22.3 Å². The molecule has 0 aliphatic heterocycles. The Kier molecular flexibility index (Phi) is 6.61. The fraction of sp³-hybridized carbons (Fsp3) is 0.381. The van der Waals surface area contributed by atoms with E-state index in [2.05, 4.69) is 17.0 Å². The van der Waals surface area contributed by atoms with E-state index in [1.807, 2.05) is 6.92 Å². The molecule has 3 rings (SSSR count). The minimum atomic E-state index is -4.11. The lowest BCUT2D eigenvalue weighted by Crippen LogP contribution is -2.43. The molecule has 0 bridgehead atoms. The predicted molar refractivity (Wildman–Crippen MR) is 112 cm³/mol. The van der Waals surface area contributed by atoms with Gasteiger partial charge in [0.15, 0.2) is 0 Å². The van der Waals surface area contributed by atoms with E-state index in [0.29, 0.717) is 23.0 Å². The van der Waals surface area contributed by atoms with E-state index in [1.54, 1.807) is 24.3 Å². The number of carbonyl (C=O) groups excluding carboxylic acids is 1. The smallest absolute Gasteiger partial charge is 0.255 e. The molecular formula is C21H24ClFN2O3S. The molecule has 1 amide bonds. The first-order valence-electron chi connectivity index (χ1n) is 9.56. The van der Waals surface area contributed by atoms with Gasteiger partial charge in [-0.3, -0.25) is 4.79 Å². The number of nitrogens with one attached hydrogen (secondary N) is 2. The maximum absolute atomic E-state index is 14.4. The van der Waals surface area contributed by atoms with Crippen LogP contribution >= 0.6 is 11.6 Å². The third-order valence-corrected chi connectivity index (χ3v) is 7.32. The molecule has 3 atom stereocenters. The molecule has 0 heterocycles. The summed E-state index contributed by atoms with van der Waals surface area (Å²) in [7, 11) is -4.11. The number of carbonyl (C=O) groups is 1. The quantitative estimate of drug-likeness (QED) is 0.701. The summed E-state index contributed by atoms with van der Waals surface area (Å²) in [5, 5.41) is 3.08. The Bertz CT molecular complexity index is 1010. The largest absolute Gasteiger partial charge is 0.322 e. The zero-order valence-electron chi connectivity index (χ0n) is 16.3. The molecule has 1 aliphatic rings. The lowest BCUT2D eigenvalue weighted by molar-refractivity contribution is 0.102. The molecule has 1 fully saturated rings. The van der Waals surface area contributed by atoms with Crippen molar-refractivity contribution in [2.24, 2.45) is 11.8 Å². The second kappa shape index (κ2) is 8.81. The second-order valence-electron chi connectivity index (χ2n) is 7.60. The maximum Gasteiger partial charge on any atom is 0.255 e. The van der Waals surface area contributed by atoms with Crippen LogP contribution in [0.15, 0.2) is 47.4 Å². The van der Waals surface area contributed by atoms with E-state index >= 15 is 0 Å². The van der Waals surface area contributed by atoms with Crippen molar-refractivity contribution in [2.45, 2.75) is 44.0 Å². The molecule has 8 heteroatoms. The van der Waals surface area contributed by atoms with Gasteiger partial charge in [0.05, 0.1) is 0 Å². The Balaban J connectivity index is 1.83. The average Bonchev–Trinajstić information content (AvgIpc) is 2.65. The molecule has 0 aromatic heterocycles. The van der Waals surface area contributed by atoms with Crippen LogP contribution in [0.25, 0.3) is 0 Å². The minimum absolute atomic E-state index is 0.0387. The highest BCUT2D eigenvalue weighted by molar-refractivity contribution is 7.89. The van der Waals surface area contributed by atoms with E-state index in [9.17, 15) is 17.6 Å². The third-order valence-electron chi connectivity index (χ3n) is 5.58. The summed E-state index contributed by atoms with van der Waals surface area (Å²) < 4.78 is 42.7. The molecular weight excluding hydrogens is 415 g/mol. The van der Waals surface area contributed by atoms with Gasteiger partial charge < -0.3 is 5.32 Å². The molecule has 2 aromatic rings. The van der Waals surface area contributed by atoms with Crippen LogP contribution in [0.1, 0.15) is 43.5 Å². The fourth-order valence-corrected chi connectivity index (χ4v) is 5.29. The second-order valence-corrected chi connectivity index (χ2v) is 9.72. The Hall–Kier alpha value is -1.96. The molecule has 2 aromatic carbocycles. The Labute approximate surface area is 175 Å². The number of rotatable bonds is 5. The number of hydrogen-bond donors (Lipinski definition) is 2. The van der Waals surface area contributed by atoms with Gasteiger partial charge in [-0.2, -0.15) is 0 Å². The number of amides is 1. The molecule has 5 nitrogen and oxygen atoms in total. The van der Waals surface area contributed by atoms with Gasteiger partial charge in [-0.15, -0.1) is 0 Å². The number of halogens is 2. The molecule has 0 spiro atoms. The van der Waals surface area contributed by atoms with Crippen molar-refractivity contribution in [1.82, 2.24) is 4.72 Å². The van der Waals surface area contributed by atoms with Crippen LogP contribution in [0.5, 0.6) is 0 Å². The van der Waals surface area contributed by atoms with Gasteiger partial charge in [-0.1, -0.05) is 44.4 Å². The lowest BCUT2D eigenvalue weighted by atomic mass is 9.78. The highest BCUT2D eigenvalue weighted by Crippen LogP contribution is 2.31. The van der Waals surface area contributed by atoms with Gasteiger partial charge in [-0.25, -0.2) is 17.5 Å². The van der Waals surface area contributed by atoms with Crippen LogP contribution in [0.3, 0.4) is 0 Å². The van der Waals surface area contributed by atoms with Gasteiger partial charge in [0.25, 0.3) is 5.91 Å². The predicted octanol–water partition coefficient (Wildman–Crippen LogP) is 4.83. The number of anilines is 1. The summed E-state index contributed by atoms with van der Waals surface area (Å²) in [5.41, 5.74) is 0.496. The highest BCUT2D eigenvalue weighted by Gasteiger charge is 2.32. The first kappa shape index (κ1) is 21.7.